The molecule has 0 aliphatic heterocycles. The fourth-order valence-electron chi connectivity index (χ4n) is 2.73. The van der Waals surface area contributed by atoms with E-state index in [2.05, 4.69) is 6.58 Å². The second kappa shape index (κ2) is 4.63. The molecular formula is C18H12O3. The highest BCUT2D eigenvalue weighted by Gasteiger charge is 2.33. The summed E-state index contributed by atoms with van der Waals surface area (Å²) in [4.78, 5) is 37.1. The molecule has 3 rings (SSSR count). The SMILES string of the molecule is C=Cc1cccc2c1C(=O)c1cccc(C(C)=O)c1C2=O. The standard InChI is InChI=1S/C18H12O3/c1-3-11-6-4-8-13-15(11)17(20)14-9-5-7-12(10(2)19)16(14)18(13)21/h3-9H,1H2,2H3. The number of Topliss-reactive ketones (excluding diaryl/α,β-unsaturated/α-hetero) is 1. The van der Waals surface area contributed by atoms with Gasteiger partial charge in [-0.2, -0.15) is 0 Å². The average Bonchev–Trinajstić information content (AvgIpc) is 2.50. The van der Waals surface area contributed by atoms with Crippen LogP contribution in [0.1, 0.15) is 54.7 Å². The molecule has 0 radical (unpaired) electrons. The molecular weight excluding hydrogens is 264 g/mol. The van der Waals surface area contributed by atoms with Gasteiger partial charge in [0.2, 0.25) is 0 Å². The number of rotatable bonds is 2. The van der Waals surface area contributed by atoms with Crippen LogP contribution < -0.4 is 0 Å². The van der Waals surface area contributed by atoms with Crippen molar-refractivity contribution in [2.24, 2.45) is 0 Å². The Kier molecular flexibility index (Phi) is 2.91. The lowest BCUT2D eigenvalue weighted by Gasteiger charge is -2.20. The largest absolute Gasteiger partial charge is 0.294 e. The topological polar surface area (TPSA) is 51.2 Å². The maximum atomic E-state index is 12.7. The minimum absolute atomic E-state index is 0.212. The van der Waals surface area contributed by atoms with Crippen molar-refractivity contribution < 1.29 is 14.4 Å². The van der Waals surface area contributed by atoms with Gasteiger partial charge >= 0.3 is 0 Å². The summed E-state index contributed by atoms with van der Waals surface area (Å²) >= 11 is 0. The average molecular weight is 276 g/mol. The van der Waals surface area contributed by atoms with E-state index in [1.807, 2.05) is 0 Å². The van der Waals surface area contributed by atoms with Crippen molar-refractivity contribution in [1.29, 1.82) is 0 Å². The molecule has 0 N–H and O–H groups in total. The fraction of sp³-hybridized carbons (Fsp3) is 0.0556. The summed E-state index contributed by atoms with van der Waals surface area (Å²) in [5, 5.41) is 0. The van der Waals surface area contributed by atoms with Crippen LogP contribution in [0, 0.1) is 0 Å². The lowest BCUT2D eigenvalue weighted by molar-refractivity contribution is 0.0967. The number of fused-ring (bicyclic) bond motifs is 2. The van der Waals surface area contributed by atoms with Crippen molar-refractivity contribution >= 4 is 23.4 Å². The maximum Gasteiger partial charge on any atom is 0.195 e. The minimum atomic E-state index is -0.283. The molecule has 0 fully saturated rings. The Bertz CT molecular complexity index is 828. The van der Waals surface area contributed by atoms with E-state index in [9.17, 15) is 14.4 Å². The number of carbonyl (C=O) groups excluding carboxylic acids is 3. The van der Waals surface area contributed by atoms with Gasteiger partial charge in [0.15, 0.2) is 17.3 Å². The smallest absolute Gasteiger partial charge is 0.195 e. The zero-order valence-electron chi connectivity index (χ0n) is 11.5. The summed E-state index contributed by atoms with van der Waals surface area (Å²) in [5.74, 6) is -0.747. The van der Waals surface area contributed by atoms with Crippen LogP contribution in [0.3, 0.4) is 0 Å². The van der Waals surface area contributed by atoms with Crippen LogP contribution in [0.25, 0.3) is 6.08 Å². The van der Waals surface area contributed by atoms with Crippen LogP contribution in [0.5, 0.6) is 0 Å². The molecule has 0 heterocycles. The number of carbonyl (C=O) groups is 3. The van der Waals surface area contributed by atoms with Gasteiger partial charge < -0.3 is 0 Å². The van der Waals surface area contributed by atoms with Gasteiger partial charge in [-0.15, -0.1) is 0 Å². The predicted octanol–water partition coefficient (Wildman–Crippen LogP) is 3.31. The van der Waals surface area contributed by atoms with Gasteiger partial charge in [-0.25, -0.2) is 0 Å². The van der Waals surface area contributed by atoms with Gasteiger partial charge in [-0.3, -0.25) is 14.4 Å². The second-order valence-corrected chi connectivity index (χ2v) is 4.92. The zero-order valence-corrected chi connectivity index (χ0v) is 11.5. The molecule has 3 heteroatoms. The molecule has 21 heavy (non-hydrogen) atoms. The summed E-state index contributed by atoms with van der Waals surface area (Å²) in [5.41, 5.74) is 2.12. The summed E-state index contributed by atoms with van der Waals surface area (Å²) < 4.78 is 0. The predicted molar refractivity (Wildman–Crippen MR) is 79.8 cm³/mol. The monoisotopic (exact) mass is 276 g/mol. The summed E-state index contributed by atoms with van der Waals surface area (Å²) in [6.07, 6.45) is 1.56. The Morgan fingerprint density at radius 3 is 2.14 bits per heavy atom. The summed E-state index contributed by atoms with van der Waals surface area (Å²) in [6, 6.07) is 9.86. The van der Waals surface area contributed by atoms with E-state index in [4.69, 9.17) is 0 Å². The van der Waals surface area contributed by atoms with Crippen LogP contribution in [0.2, 0.25) is 0 Å². The van der Waals surface area contributed by atoms with E-state index in [1.165, 1.54) is 6.92 Å². The van der Waals surface area contributed by atoms with Crippen molar-refractivity contribution in [2.75, 3.05) is 0 Å². The Morgan fingerprint density at radius 2 is 1.52 bits per heavy atom. The van der Waals surface area contributed by atoms with E-state index < -0.39 is 0 Å². The second-order valence-electron chi connectivity index (χ2n) is 4.92. The number of hydrogen-bond acceptors (Lipinski definition) is 3. The van der Waals surface area contributed by atoms with E-state index in [1.54, 1.807) is 42.5 Å². The highest BCUT2D eigenvalue weighted by Crippen LogP contribution is 2.31. The van der Waals surface area contributed by atoms with Crippen molar-refractivity contribution in [3.05, 3.63) is 76.4 Å². The molecule has 0 saturated heterocycles. The molecule has 102 valence electrons. The first-order valence-electron chi connectivity index (χ1n) is 6.55. The Morgan fingerprint density at radius 1 is 0.952 bits per heavy atom. The van der Waals surface area contributed by atoms with Crippen molar-refractivity contribution in [1.82, 2.24) is 0 Å². The van der Waals surface area contributed by atoms with Gasteiger partial charge in [0.25, 0.3) is 0 Å². The van der Waals surface area contributed by atoms with Crippen LogP contribution in [-0.4, -0.2) is 17.3 Å². The number of hydrogen-bond donors (Lipinski definition) is 0. The first kappa shape index (κ1) is 13.2. The van der Waals surface area contributed by atoms with E-state index in [0.717, 1.165) is 0 Å². The van der Waals surface area contributed by atoms with E-state index in [-0.39, 0.29) is 28.5 Å². The van der Waals surface area contributed by atoms with Gasteiger partial charge in [0.05, 0.1) is 0 Å². The highest BCUT2D eigenvalue weighted by atomic mass is 16.1. The molecule has 0 atom stereocenters. The minimum Gasteiger partial charge on any atom is -0.294 e. The molecule has 0 aromatic heterocycles. The van der Waals surface area contributed by atoms with Crippen LogP contribution >= 0.6 is 0 Å². The third-order valence-corrected chi connectivity index (χ3v) is 3.70. The van der Waals surface area contributed by atoms with E-state index in [0.29, 0.717) is 22.3 Å². The fourth-order valence-corrected chi connectivity index (χ4v) is 2.73. The van der Waals surface area contributed by atoms with Gasteiger partial charge in [-0.05, 0) is 12.5 Å². The summed E-state index contributed by atoms with van der Waals surface area (Å²) in [6.45, 7) is 5.07. The molecule has 2 aromatic carbocycles. The molecule has 0 amide bonds. The van der Waals surface area contributed by atoms with Gasteiger partial charge in [0.1, 0.15) is 0 Å². The van der Waals surface area contributed by atoms with Crippen LogP contribution in [-0.2, 0) is 0 Å². The first-order valence-corrected chi connectivity index (χ1v) is 6.55. The molecule has 0 saturated carbocycles. The molecule has 0 spiro atoms. The van der Waals surface area contributed by atoms with Crippen molar-refractivity contribution in [2.45, 2.75) is 6.92 Å². The first-order chi connectivity index (χ1) is 10.1. The maximum absolute atomic E-state index is 12.7. The Hall–Kier alpha value is -2.81. The van der Waals surface area contributed by atoms with Crippen LogP contribution in [0.4, 0.5) is 0 Å². The molecule has 3 nitrogen and oxygen atoms in total. The van der Waals surface area contributed by atoms with E-state index >= 15 is 0 Å². The normalized spacial score (nSPS) is 12.6. The highest BCUT2D eigenvalue weighted by molar-refractivity contribution is 6.31. The molecule has 1 aliphatic rings. The van der Waals surface area contributed by atoms with Gasteiger partial charge in [-0.1, -0.05) is 49.1 Å². The molecule has 1 aliphatic carbocycles. The summed E-state index contributed by atoms with van der Waals surface area (Å²) in [7, 11) is 0. The van der Waals surface area contributed by atoms with Crippen molar-refractivity contribution in [3.8, 4) is 0 Å². The Balaban J connectivity index is 2.38. The molecule has 2 aromatic rings. The number of ketones is 3. The third-order valence-electron chi connectivity index (χ3n) is 3.70. The van der Waals surface area contributed by atoms with Gasteiger partial charge in [0, 0.05) is 27.8 Å². The quantitative estimate of drug-likeness (QED) is 0.675. The third kappa shape index (κ3) is 1.78. The lowest BCUT2D eigenvalue weighted by atomic mass is 9.79. The molecule has 0 unspecified atom stereocenters. The molecule has 0 bridgehead atoms. The number of benzene rings is 2. The Labute approximate surface area is 121 Å². The lowest BCUT2D eigenvalue weighted by Crippen LogP contribution is -2.24. The van der Waals surface area contributed by atoms with Crippen LogP contribution in [0.15, 0.2) is 43.0 Å². The van der Waals surface area contributed by atoms with Crippen molar-refractivity contribution in [3.63, 3.8) is 0 Å². The zero-order chi connectivity index (χ0) is 15.1.